The van der Waals surface area contributed by atoms with Crippen molar-refractivity contribution in [2.45, 2.75) is 31.9 Å². The Balaban J connectivity index is 1.61. The summed E-state index contributed by atoms with van der Waals surface area (Å²) in [5.41, 5.74) is 0.245. The van der Waals surface area contributed by atoms with Crippen molar-refractivity contribution in [3.63, 3.8) is 0 Å². The second-order valence-electron chi connectivity index (χ2n) is 4.85. The number of nitrogens with zero attached hydrogens (tertiary/aromatic N) is 1. The first-order chi connectivity index (χ1) is 10.1. The largest absolute Gasteiger partial charge is 0.448 e. The van der Waals surface area contributed by atoms with Crippen LogP contribution in [0.3, 0.4) is 0 Å². The predicted octanol–water partition coefficient (Wildman–Crippen LogP) is 2.70. The number of nitrogens with one attached hydrogen (secondary N) is 1. The molecule has 2 aromatic rings. The number of thiazole rings is 1. The van der Waals surface area contributed by atoms with Gasteiger partial charge in [0.15, 0.2) is 11.8 Å². The first-order valence-corrected chi connectivity index (χ1v) is 8.40. The highest BCUT2D eigenvalue weighted by Crippen LogP contribution is 2.28. The molecule has 2 aromatic heterocycles. The third-order valence-corrected chi connectivity index (χ3v) is 4.90. The number of hydrogen-bond donors (Lipinski definition) is 1. The fraction of sp³-hybridized carbons (Fsp3) is 0.357. The average molecular weight is 322 g/mol. The minimum Gasteiger partial charge on any atom is -0.448 e. The maximum Gasteiger partial charge on any atom is 0.358 e. The van der Waals surface area contributed by atoms with Gasteiger partial charge in [-0.2, -0.15) is 0 Å². The van der Waals surface area contributed by atoms with Crippen molar-refractivity contribution in [1.29, 1.82) is 0 Å². The van der Waals surface area contributed by atoms with E-state index in [-0.39, 0.29) is 17.6 Å². The van der Waals surface area contributed by atoms with E-state index < -0.39 is 12.1 Å². The van der Waals surface area contributed by atoms with E-state index in [1.807, 2.05) is 17.5 Å². The number of rotatable bonds is 5. The first kappa shape index (κ1) is 14.2. The molecule has 0 bridgehead atoms. The number of aromatic nitrogens is 1. The summed E-state index contributed by atoms with van der Waals surface area (Å²) in [4.78, 5) is 29.0. The summed E-state index contributed by atoms with van der Waals surface area (Å²) in [6, 6.07) is 4.14. The zero-order valence-corrected chi connectivity index (χ0v) is 13.0. The van der Waals surface area contributed by atoms with Crippen LogP contribution in [0.5, 0.6) is 0 Å². The number of hydrogen-bond acceptors (Lipinski definition) is 6. The molecule has 7 heteroatoms. The number of ether oxygens (including phenoxy) is 1. The minimum absolute atomic E-state index is 0.245. The number of esters is 1. The van der Waals surface area contributed by atoms with Gasteiger partial charge in [0.25, 0.3) is 5.91 Å². The van der Waals surface area contributed by atoms with E-state index in [9.17, 15) is 9.59 Å². The smallest absolute Gasteiger partial charge is 0.358 e. The topological polar surface area (TPSA) is 68.3 Å². The van der Waals surface area contributed by atoms with Crippen LogP contribution in [-0.2, 0) is 9.53 Å². The number of carbonyl (C=O) groups excluding carboxylic acids is 2. The predicted molar refractivity (Wildman–Crippen MR) is 81.5 cm³/mol. The lowest BCUT2D eigenvalue weighted by Gasteiger charge is -2.12. The Morgan fingerprint density at radius 2 is 2.24 bits per heavy atom. The summed E-state index contributed by atoms with van der Waals surface area (Å²) in [6.07, 6.45) is 1.20. The van der Waals surface area contributed by atoms with Crippen LogP contribution in [0.4, 0.5) is 0 Å². The van der Waals surface area contributed by atoms with Crippen LogP contribution in [0.1, 0.15) is 30.3 Å². The van der Waals surface area contributed by atoms with Crippen molar-refractivity contribution < 1.29 is 14.3 Å². The number of carbonyl (C=O) groups is 2. The van der Waals surface area contributed by atoms with Gasteiger partial charge in [-0.05, 0) is 31.2 Å². The van der Waals surface area contributed by atoms with Gasteiger partial charge >= 0.3 is 5.97 Å². The molecule has 1 amide bonds. The fourth-order valence-corrected chi connectivity index (χ4v) is 3.31. The van der Waals surface area contributed by atoms with E-state index in [2.05, 4.69) is 10.3 Å². The third kappa shape index (κ3) is 3.48. The highest BCUT2D eigenvalue weighted by atomic mass is 32.1. The quantitative estimate of drug-likeness (QED) is 0.859. The monoisotopic (exact) mass is 322 g/mol. The minimum atomic E-state index is -0.801. The maximum absolute atomic E-state index is 12.0. The Kier molecular flexibility index (Phi) is 4.03. The summed E-state index contributed by atoms with van der Waals surface area (Å²) in [5.74, 6) is -0.813. The summed E-state index contributed by atoms with van der Waals surface area (Å²) >= 11 is 2.95. The molecule has 0 unspecified atom stereocenters. The van der Waals surface area contributed by atoms with Crippen LogP contribution in [0.15, 0.2) is 22.9 Å². The molecule has 0 aliphatic heterocycles. The average Bonchev–Trinajstić information content (AvgIpc) is 2.98. The van der Waals surface area contributed by atoms with Gasteiger partial charge in [-0.3, -0.25) is 4.79 Å². The normalized spacial score (nSPS) is 15.5. The van der Waals surface area contributed by atoms with Crippen molar-refractivity contribution in [3.8, 4) is 9.88 Å². The Morgan fingerprint density at radius 1 is 1.43 bits per heavy atom. The second-order valence-corrected chi connectivity index (χ2v) is 6.65. The van der Waals surface area contributed by atoms with Gasteiger partial charge in [0, 0.05) is 11.4 Å². The molecule has 110 valence electrons. The SMILES string of the molecule is C[C@H](OC(=O)c1csc(-c2cccs2)n1)C(=O)NC1CC1. The molecule has 1 saturated carbocycles. The van der Waals surface area contributed by atoms with Crippen LogP contribution < -0.4 is 5.32 Å². The molecule has 5 nitrogen and oxygen atoms in total. The highest BCUT2D eigenvalue weighted by Gasteiger charge is 2.27. The van der Waals surface area contributed by atoms with Crippen molar-refractivity contribution in [1.82, 2.24) is 10.3 Å². The molecule has 0 aromatic carbocycles. The van der Waals surface area contributed by atoms with Gasteiger partial charge in [-0.25, -0.2) is 9.78 Å². The van der Waals surface area contributed by atoms with Crippen LogP contribution in [-0.4, -0.2) is 29.0 Å². The Hall–Kier alpha value is -1.73. The van der Waals surface area contributed by atoms with Gasteiger partial charge in [-0.15, -0.1) is 22.7 Å². The summed E-state index contributed by atoms with van der Waals surface area (Å²) in [7, 11) is 0. The molecule has 1 aliphatic carbocycles. The summed E-state index contributed by atoms with van der Waals surface area (Å²) in [5, 5.41) is 7.20. The molecule has 21 heavy (non-hydrogen) atoms. The van der Waals surface area contributed by atoms with Crippen molar-refractivity contribution in [3.05, 3.63) is 28.6 Å². The lowest BCUT2D eigenvalue weighted by molar-refractivity contribution is -0.129. The van der Waals surface area contributed by atoms with E-state index in [1.54, 1.807) is 23.6 Å². The van der Waals surface area contributed by atoms with E-state index >= 15 is 0 Å². The Labute approximate surface area is 130 Å². The van der Waals surface area contributed by atoms with Gasteiger partial charge in [0.05, 0.1) is 4.88 Å². The van der Waals surface area contributed by atoms with E-state index in [4.69, 9.17) is 4.74 Å². The molecule has 0 spiro atoms. The third-order valence-electron chi connectivity index (χ3n) is 3.02. The standard InChI is InChI=1S/C14H14N2O3S2/c1-8(12(17)15-9-4-5-9)19-14(18)10-7-21-13(16-10)11-3-2-6-20-11/h2-3,6-9H,4-5H2,1H3,(H,15,17)/t8-/m0/s1. The first-order valence-electron chi connectivity index (χ1n) is 6.64. The van der Waals surface area contributed by atoms with E-state index in [0.717, 1.165) is 22.7 Å². The van der Waals surface area contributed by atoms with Crippen molar-refractivity contribution >= 4 is 34.6 Å². The van der Waals surface area contributed by atoms with E-state index in [0.29, 0.717) is 0 Å². The molecule has 2 heterocycles. The fourth-order valence-electron chi connectivity index (χ4n) is 1.70. The van der Waals surface area contributed by atoms with Crippen LogP contribution in [0.2, 0.25) is 0 Å². The molecule has 3 rings (SSSR count). The van der Waals surface area contributed by atoms with Crippen LogP contribution >= 0.6 is 22.7 Å². The lowest BCUT2D eigenvalue weighted by Crippen LogP contribution is -2.37. The molecule has 1 N–H and O–H groups in total. The molecule has 0 radical (unpaired) electrons. The Bertz CT molecular complexity index is 647. The van der Waals surface area contributed by atoms with Crippen molar-refractivity contribution in [2.24, 2.45) is 0 Å². The van der Waals surface area contributed by atoms with Gasteiger partial charge in [0.1, 0.15) is 5.01 Å². The maximum atomic E-state index is 12.0. The number of thiophene rings is 1. The van der Waals surface area contributed by atoms with Crippen LogP contribution in [0, 0.1) is 0 Å². The zero-order chi connectivity index (χ0) is 14.8. The van der Waals surface area contributed by atoms with Crippen molar-refractivity contribution in [2.75, 3.05) is 0 Å². The molecule has 1 fully saturated rings. The second kappa shape index (κ2) is 5.95. The molecule has 1 aliphatic rings. The zero-order valence-electron chi connectivity index (χ0n) is 11.4. The van der Waals surface area contributed by atoms with Gasteiger partial charge in [-0.1, -0.05) is 6.07 Å². The molecular formula is C14H14N2O3S2. The highest BCUT2D eigenvalue weighted by molar-refractivity contribution is 7.20. The number of amides is 1. The summed E-state index contributed by atoms with van der Waals surface area (Å²) in [6.45, 7) is 1.57. The van der Waals surface area contributed by atoms with Gasteiger partial charge < -0.3 is 10.1 Å². The lowest BCUT2D eigenvalue weighted by atomic mass is 10.3. The summed E-state index contributed by atoms with van der Waals surface area (Å²) < 4.78 is 5.15. The van der Waals surface area contributed by atoms with Crippen LogP contribution in [0.25, 0.3) is 9.88 Å². The molecule has 0 saturated heterocycles. The molecule has 1 atom stereocenters. The van der Waals surface area contributed by atoms with E-state index in [1.165, 1.54) is 11.3 Å². The Morgan fingerprint density at radius 3 is 2.90 bits per heavy atom. The van der Waals surface area contributed by atoms with Gasteiger partial charge in [0.2, 0.25) is 0 Å². The molecular weight excluding hydrogens is 308 g/mol.